The number of tetrazole rings is 1. The number of nitrogens with zero attached hydrogens (tertiary/aromatic N) is 7. The van der Waals surface area contributed by atoms with Crippen molar-refractivity contribution in [1.29, 1.82) is 0 Å². The molecule has 1 saturated heterocycles. The predicted molar refractivity (Wildman–Crippen MR) is 152 cm³/mol. The van der Waals surface area contributed by atoms with Crippen LogP contribution < -0.4 is 15.2 Å². The number of hydrogen-bond acceptors (Lipinski definition) is 9. The Balaban J connectivity index is 1.26. The Morgan fingerprint density at radius 1 is 1.05 bits per heavy atom. The van der Waals surface area contributed by atoms with Crippen molar-refractivity contribution in [1.82, 2.24) is 35.1 Å². The highest BCUT2D eigenvalue weighted by Crippen LogP contribution is 2.35. The van der Waals surface area contributed by atoms with E-state index in [9.17, 15) is 4.79 Å². The number of fused-ring (bicyclic) bond motifs is 2. The molecule has 1 saturated carbocycles. The molecule has 11 heteroatoms. The van der Waals surface area contributed by atoms with Crippen molar-refractivity contribution in [2.24, 2.45) is 0 Å². The lowest BCUT2D eigenvalue weighted by molar-refractivity contribution is 0.197. The van der Waals surface area contributed by atoms with Crippen molar-refractivity contribution in [2.45, 2.75) is 37.8 Å². The molecule has 1 N–H and O–H groups in total. The smallest absolute Gasteiger partial charge is 0.253 e. The van der Waals surface area contributed by atoms with Crippen LogP contribution in [0, 0.1) is 0 Å². The summed E-state index contributed by atoms with van der Waals surface area (Å²) in [6.45, 7) is 3.13. The molecule has 0 radical (unpaired) electrons. The van der Waals surface area contributed by atoms with Crippen LogP contribution in [0.25, 0.3) is 21.1 Å². The third-order valence-electron chi connectivity index (χ3n) is 8.04. The van der Waals surface area contributed by atoms with Crippen molar-refractivity contribution in [3.05, 3.63) is 70.3 Å². The minimum absolute atomic E-state index is 0.118. The maximum Gasteiger partial charge on any atom is 0.253 e. The molecule has 1 aliphatic carbocycles. The van der Waals surface area contributed by atoms with Gasteiger partial charge in [-0.25, -0.2) is 9.67 Å². The van der Waals surface area contributed by atoms with Crippen LogP contribution in [0.15, 0.2) is 53.3 Å². The molecule has 3 aromatic heterocycles. The SMILES string of the molecule is COc1ccc2[nH]c(=O)c(C(c3nnnn3C3CCCC3)N3CCN(c4nc5ccccc5s4)CC3)cc2c1. The number of para-hydroxylation sites is 1. The highest BCUT2D eigenvalue weighted by molar-refractivity contribution is 7.22. The number of H-pyrrole nitrogens is 1. The van der Waals surface area contributed by atoms with Gasteiger partial charge in [-0.1, -0.05) is 36.3 Å². The van der Waals surface area contributed by atoms with Gasteiger partial charge in [-0.3, -0.25) is 9.69 Å². The van der Waals surface area contributed by atoms with E-state index >= 15 is 0 Å². The molecular weight excluding hydrogens is 512 g/mol. The van der Waals surface area contributed by atoms with E-state index in [-0.39, 0.29) is 17.6 Å². The first kappa shape index (κ1) is 24.2. The van der Waals surface area contributed by atoms with Crippen LogP contribution in [0.5, 0.6) is 5.75 Å². The summed E-state index contributed by atoms with van der Waals surface area (Å²) in [4.78, 5) is 26.2. The molecule has 0 spiro atoms. The topological polar surface area (TPSA) is 105 Å². The number of piperazine rings is 1. The lowest BCUT2D eigenvalue weighted by Crippen LogP contribution is -2.49. The van der Waals surface area contributed by atoms with Crippen LogP contribution in [0.2, 0.25) is 0 Å². The van der Waals surface area contributed by atoms with Gasteiger partial charge >= 0.3 is 0 Å². The van der Waals surface area contributed by atoms with Gasteiger partial charge in [0.25, 0.3) is 5.56 Å². The zero-order valence-corrected chi connectivity index (χ0v) is 22.6. The number of aromatic nitrogens is 6. The van der Waals surface area contributed by atoms with Gasteiger partial charge in [-0.15, -0.1) is 5.10 Å². The standard InChI is InChI=1S/C28H30N8O2S/c1-38-20-10-11-22-18(16-20)17-21(27(37)29-22)25(26-31-32-33-36(26)19-6-2-3-7-19)34-12-14-35(15-13-34)28-30-23-8-4-5-9-24(23)39-28/h4-5,8-11,16-17,19,25H,2-3,6-7,12-15H2,1H3,(H,29,37). The maximum absolute atomic E-state index is 13.6. The fourth-order valence-corrected chi connectivity index (χ4v) is 7.00. The van der Waals surface area contributed by atoms with Gasteiger partial charge in [-0.2, -0.15) is 0 Å². The van der Waals surface area contributed by atoms with Gasteiger partial charge in [0.2, 0.25) is 0 Å². The molecule has 39 heavy (non-hydrogen) atoms. The van der Waals surface area contributed by atoms with Gasteiger partial charge in [0.05, 0.1) is 23.4 Å². The average Bonchev–Trinajstić information content (AvgIpc) is 3.74. The van der Waals surface area contributed by atoms with Gasteiger partial charge in [0.15, 0.2) is 11.0 Å². The lowest BCUT2D eigenvalue weighted by atomic mass is 10.0. The van der Waals surface area contributed by atoms with Crippen molar-refractivity contribution < 1.29 is 4.74 Å². The van der Waals surface area contributed by atoms with Gasteiger partial charge in [0.1, 0.15) is 11.8 Å². The van der Waals surface area contributed by atoms with Crippen LogP contribution in [-0.2, 0) is 0 Å². The van der Waals surface area contributed by atoms with E-state index < -0.39 is 0 Å². The number of hydrogen-bond donors (Lipinski definition) is 1. The molecule has 0 amide bonds. The summed E-state index contributed by atoms with van der Waals surface area (Å²) >= 11 is 1.73. The zero-order chi connectivity index (χ0) is 26.3. The molecule has 1 aliphatic heterocycles. The number of nitrogens with one attached hydrogen (secondary N) is 1. The second-order valence-corrected chi connectivity index (χ2v) is 11.3. The fraction of sp³-hybridized carbons (Fsp3) is 0.393. The maximum atomic E-state index is 13.6. The molecular formula is C28H30N8O2S. The van der Waals surface area contributed by atoms with Gasteiger partial charge in [0, 0.05) is 42.6 Å². The Hall–Kier alpha value is -3.83. The van der Waals surface area contributed by atoms with Gasteiger partial charge in [-0.05, 0) is 59.7 Å². The number of thiazole rings is 1. The summed E-state index contributed by atoms with van der Waals surface area (Å²) in [5, 5.41) is 15.0. The van der Waals surface area contributed by atoms with E-state index in [0.29, 0.717) is 5.56 Å². The highest BCUT2D eigenvalue weighted by Gasteiger charge is 2.35. The van der Waals surface area contributed by atoms with Crippen LogP contribution in [0.1, 0.15) is 49.2 Å². The molecule has 4 heterocycles. The van der Waals surface area contributed by atoms with Crippen molar-refractivity contribution in [3.63, 3.8) is 0 Å². The Bertz CT molecular complexity index is 1650. The molecule has 2 aromatic carbocycles. The van der Waals surface area contributed by atoms with Crippen molar-refractivity contribution >= 4 is 37.6 Å². The molecule has 2 fully saturated rings. The number of anilines is 1. The predicted octanol–water partition coefficient (Wildman–Crippen LogP) is 4.16. The van der Waals surface area contributed by atoms with Crippen LogP contribution >= 0.6 is 11.3 Å². The van der Waals surface area contributed by atoms with Crippen molar-refractivity contribution in [3.8, 4) is 5.75 Å². The van der Waals surface area contributed by atoms with Crippen molar-refractivity contribution in [2.75, 3.05) is 38.2 Å². The Morgan fingerprint density at radius 3 is 2.67 bits per heavy atom. The summed E-state index contributed by atoms with van der Waals surface area (Å²) in [5.74, 6) is 1.49. The van der Waals surface area contributed by atoms with E-state index in [2.05, 4.69) is 48.5 Å². The number of pyridine rings is 1. The quantitative estimate of drug-likeness (QED) is 0.341. The van der Waals surface area contributed by atoms with E-state index in [1.165, 1.54) is 17.5 Å². The molecule has 0 bridgehead atoms. The molecule has 1 unspecified atom stereocenters. The van der Waals surface area contributed by atoms with E-state index in [1.54, 1.807) is 18.4 Å². The molecule has 10 nitrogen and oxygen atoms in total. The second kappa shape index (κ2) is 10.0. The number of ether oxygens (including phenoxy) is 1. The first-order valence-electron chi connectivity index (χ1n) is 13.5. The number of aromatic amines is 1. The summed E-state index contributed by atoms with van der Waals surface area (Å²) in [7, 11) is 1.65. The molecule has 200 valence electrons. The molecule has 5 aromatic rings. The minimum atomic E-state index is -0.363. The Morgan fingerprint density at radius 2 is 1.87 bits per heavy atom. The monoisotopic (exact) mass is 542 g/mol. The van der Waals surface area contributed by atoms with Gasteiger partial charge < -0.3 is 14.6 Å². The summed E-state index contributed by atoms with van der Waals surface area (Å²) < 4.78 is 8.63. The van der Waals surface area contributed by atoms with E-state index in [4.69, 9.17) is 9.72 Å². The Labute approximate surface area is 229 Å². The zero-order valence-electron chi connectivity index (χ0n) is 21.8. The first-order valence-corrected chi connectivity index (χ1v) is 14.3. The molecule has 1 atom stereocenters. The van der Waals surface area contributed by atoms with Crippen LogP contribution in [0.4, 0.5) is 5.13 Å². The first-order chi connectivity index (χ1) is 19.2. The number of benzene rings is 2. The fourth-order valence-electron chi connectivity index (χ4n) is 5.99. The second-order valence-electron chi connectivity index (χ2n) is 10.3. The number of rotatable bonds is 6. The minimum Gasteiger partial charge on any atom is -0.497 e. The lowest BCUT2D eigenvalue weighted by Gasteiger charge is -2.38. The Kier molecular flexibility index (Phi) is 6.24. The van der Waals surface area contributed by atoms with Crippen LogP contribution in [-0.4, -0.2) is 68.4 Å². The van der Waals surface area contributed by atoms with Crippen LogP contribution in [0.3, 0.4) is 0 Å². The largest absolute Gasteiger partial charge is 0.497 e. The summed E-state index contributed by atoms with van der Waals surface area (Å²) in [6, 6.07) is 15.8. The summed E-state index contributed by atoms with van der Waals surface area (Å²) in [5.41, 5.74) is 2.34. The summed E-state index contributed by atoms with van der Waals surface area (Å²) in [6.07, 6.45) is 4.46. The highest BCUT2D eigenvalue weighted by atomic mass is 32.1. The van der Waals surface area contributed by atoms with E-state index in [1.807, 2.05) is 35.0 Å². The third kappa shape index (κ3) is 4.45. The van der Waals surface area contributed by atoms with E-state index in [0.717, 1.165) is 72.1 Å². The third-order valence-corrected chi connectivity index (χ3v) is 9.14. The average molecular weight is 543 g/mol. The molecule has 7 rings (SSSR count). The normalized spacial score (nSPS) is 17.8. The molecule has 2 aliphatic rings. The number of methoxy groups -OCH3 is 1.